The molecule has 2 aromatic rings. The van der Waals surface area contributed by atoms with Gasteiger partial charge < -0.3 is 20.1 Å². The van der Waals surface area contributed by atoms with E-state index in [1.54, 1.807) is 24.3 Å². The van der Waals surface area contributed by atoms with E-state index in [4.69, 9.17) is 21.1 Å². The van der Waals surface area contributed by atoms with Crippen molar-refractivity contribution in [1.82, 2.24) is 0 Å². The first kappa shape index (κ1) is 18.1. The molecule has 0 aliphatic carbocycles. The Morgan fingerprint density at radius 3 is 2.96 bits per heavy atom. The first-order valence-corrected chi connectivity index (χ1v) is 8.64. The monoisotopic (exact) mass is 374 g/mol. The van der Waals surface area contributed by atoms with Crippen molar-refractivity contribution >= 4 is 34.8 Å². The van der Waals surface area contributed by atoms with Gasteiger partial charge in [0.2, 0.25) is 5.91 Å². The topological polar surface area (TPSA) is 76.7 Å². The number of benzene rings is 2. The molecule has 1 heterocycles. The van der Waals surface area contributed by atoms with Crippen LogP contribution < -0.4 is 20.1 Å². The third-order valence-corrected chi connectivity index (χ3v) is 4.07. The number of carbonyl (C=O) groups excluding carboxylic acids is 2. The Morgan fingerprint density at radius 2 is 2.15 bits per heavy atom. The molecule has 2 aromatic carbocycles. The molecule has 2 amide bonds. The van der Waals surface area contributed by atoms with Crippen molar-refractivity contribution in [2.45, 2.75) is 19.8 Å². The van der Waals surface area contributed by atoms with Gasteiger partial charge in [0.05, 0.1) is 12.3 Å². The highest BCUT2D eigenvalue weighted by Crippen LogP contribution is 2.30. The van der Waals surface area contributed by atoms with E-state index in [1.807, 2.05) is 19.1 Å². The third kappa shape index (κ3) is 4.67. The summed E-state index contributed by atoms with van der Waals surface area (Å²) in [6.45, 7) is 2.36. The van der Waals surface area contributed by atoms with Crippen molar-refractivity contribution in [2.75, 3.05) is 23.8 Å². The van der Waals surface area contributed by atoms with Crippen LogP contribution in [0.3, 0.4) is 0 Å². The summed E-state index contributed by atoms with van der Waals surface area (Å²) in [7, 11) is 0. The fourth-order valence-corrected chi connectivity index (χ4v) is 2.80. The van der Waals surface area contributed by atoms with Crippen molar-refractivity contribution in [3.63, 3.8) is 0 Å². The lowest BCUT2D eigenvalue weighted by atomic mass is 10.2. The number of halogens is 1. The SMILES string of the molecule is Cc1cc(Cl)ccc1OCCCC(=O)Nc1ccc2c(c1)NC(=O)CO2. The van der Waals surface area contributed by atoms with Crippen molar-refractivity contribution in [1.29, 1.82) is 0 Å². The molecule has 0 fully saturated rings. The van der Waals surface area contributed by atoms with Gasteiger partial charge in [-0.3, -0.25) is 9.59 Å². The van der Waals surface area contributed by atoms with Crippen molar-refractivity contribution in [3.8, 4) is 11.5 Å². The molecule has 2 N–H and O–H groups in total. The maximum absolute atomic E-state index is 12.1. The van der Waals surface area contributed by atoms with Gasteiger partial charge in [0.25, 0.3) is 5.91 Å². The van der Waals surface area contributed by atoms with E-state index in [1.165, 1.54) is 0 Å². The second-order valence-electron chi connectivity index (χ2n) is 5.96. The average molecular weight is 375 g/mol. The molecule has 1 aliphatic heterocycles. The van der Waals surface area contributed by atoms with E-state index in [0.29, 0.717) is 41.6 Å². The van der Waals surface area contributed by atoms with Crippen LogP contribution in [0, 0.1) is 6.92 Å². The molecular formula is C19H19ClN2O4. The van der Waals surface area contributed by atoms with Crippen LogP contribution in [0.1, 0.15) is 18.4 Å². The molecule has 0 spiro atoms. The summed E-state index contributed by atoms with van der Waals surface area (Å²) in [6, 6.07) is 10.6. The highest BCUT2D eigenvalue weighted by molar-refractivity contribution is 6.30. The second-order valence-corrected chi connectivity index (χ2v) is 6.39. The quantitative estimate of drug-likeness (QED) is 0.754. The van der Waals surface area contributed by atoms with Gasteiger partial charge in [0, 0.05) is 17.1 Å². The third-order valence-electron chi connectivity index (χ3n) is 3.84. The second kappa shape index (κ2) is 8.10. The number of fused-ring (bicyclic) bond motifs is 1. The van der Waals surface area contributed by atoms with Crippen LogP contribution in [0.4, 0.5) is 11.4 Å². The van der Waals surface area contributed by atoms with Crippen LogP contribution in [-0.2, 0) is 9.59 Å². The average Bonchev–Trinajstić information content (AvgIpc) is 2.60. The number of carbonyl (C=O) groups is 2. The van der Waals surface area contributed by atoms with Gasteiger partial charge in [-0.05, 0) is 55.3 Å². The van der Waals surface area contributed by atoms with E-state index in [-0.39, 0.29) is 18.4 Å². The molecule has 26 heavy (non-hydrogen) atoms. The summed E-state index contributed by atoms with van der Waals surface area (Å²) in [5, 5.41) is 6.18. The number of hydrogen-bond acceptors (Lipinski definition) is 4. The number of anilines is 2. The first-order valence-electron chi connectivity index (χ1n) is 8.27. The predicted octanol–water partition coefficient (Wildman–Crippen LogP) is 3.78. The molecule has 0 radical (unpaired) electrons. The minimum absolute atomic E-state index is 0.00575. The molecule has 6 nitrogen and oxygen atoms in total. The van der Waals surface area contributed by atoms with Gasteiger partial charge in [0.15, 0.2) is 6.61 Å². The summed E-state index contributed by atoms with van der Waals surface area (Å²) in [4.78, 5) is 23.4. The lowest BCUT2D eigenvalue weighted by molar-refractivity contribution is -0.118. The van der Waals surface area contributed by atoms with E-state index in [9.17, 15) is 9.59 Å². The summed E-state index contributed by atoms with van der Waals surface area (Å²) in [5.41, 5.74) is 2.12. The van der Waals surface area contributed by atoms with Gasteiger partial charge in [-0.25, -0.2) is 0 Å². The van der Waals surface area contributed by atoms with E-state index in [0.717, 1.165) is 11.3 Å². The highest BCUT2D eigenvalue weighted by atomic mass is 35.5. The molecule has 0 bridgehead atoms. The van der Waals surface area contributed by atoms with Crippen molar-refractivity contribution in [2.24, 2.45) is 0 Å². The molecule has 0 saturated carbocycles. The highest BCUT2D eigenvalue weighted by Gasteiger charge is 2.16. The molecular weight excluding hydrogens is 356 g/mol. The van der Waals surface area contributed by atoms with E-state index >= 15 is 0 Å². The Bertz CT molecular complexity index is 838. The molecule has 7 heteroatoms. The molecule has 136 valence electrons. The first-order chi connectivity index (χ1) is 12.5. The van der Waals surface area contributed by atoms with E-state index in [2.05, 4.69) is 10.6 Å². The zero-order valence-corrected chi connectivity index (χ0v) is 15.1. The van der Waals surface area contributed by atoms with Crippen molar-refractivity contribution in [3.05, 3.63) is 47.0 Å². The molecule has 1 aliphatic rings. The van der Waals surface area contributed by atoms with Crippen LogP contribution in [0.5, 0.6) is 11.5 Å². The fraction of sp³-hybridized carbons (Fsp3) is 0.263. The van der Waals surface area contributed by atoms with Gasteiger partial charge in [-0.1, -0.05) is 11.6 Å². The summed E-state index contributed by atoms with van der Waals surface area (Å²) >= 11 is 5.91. The Kier molecular flexibility index (Phi) is 5.63. The van der Waals surface area contributed by atoms with Crippen LogP contribution in [0.2, 0.25) is 5.02 Å². The smallest absolute Gasteiger partial charge is 0.262 e. The maximum Gasteiger partial charge on any atom is 0.262 e. The largest absolute Gasteiger partial charge is 0.493 e. The normalized spacial score (nSPS) is 12.6. The van der Waals surface area contributed by atoms with Crippen LogP contribution in [0.25, 0.3) is 0 Å². The summed E-state index contributed by atoms with van der Waals surface area (Å²) < 4.78 is 11.0. The van der Waals surface area contributed by atoms with Crippen LogP contribution >= 0.6 is 11.6 Å². The Hall–Kier alpha value is -2.73. The number of amides is 2. The zero-order chi connectivity index (χ0) is 18.5. The Morgan fingerprint density at radius 1 is 1.31 bits per heavy atom. The van der Waals surface area contributed by atoms with E-state index < -0.39 is 0 Å². The number of rotatable bonds is 6. The number of hydrogen-bond donors (Lipinski definition) is 2. The number of nitrogens with one attached hydrogen (secondary N) is 2. The van der Waals surface area contributed by atoms with Gasteiger partial charge >= 0.3 is 0 Å². The molecule has 0 unspecified atom stereocenters. The predicted molar refractivity (Wildman–Crippen MR) is 100 cm³/mol. The minimum Gasteiger partial charge on any atom is -0.493 e. The standard InChI is InChI=1S/C19H19ClN2O4/c1-12-9-13(20)4-6-16(12)25-8-2-3-18(23)21-14-5-7-17-15(10-14)22-19(24)11-26-17/h4-7,9-10H,2-3,8,11H2,1H3,(H,21,23)(H,22,24). The minimum atomic E-state index is -0.212. The maximum atomic E-state index is 12.1. The van der Waals surface area contributed by atoms with Gasteiger partial charge in [-0.15, -0.1) is 0 Å². The summed E-state index contributed by atoms with van der Waals surface area (Å²) in [5.74, 6) is 1.02. The molecule has 0 aromatic heterocycles. The van der Waals surface area contributed by atoms with Crippen molar-refractivity contribution < 1.29 is 19.1 Å². The zero-order valence-electron chi connectivity index (χ0n) is 14.3. The number of aryl methyl sites for hydroxylation is 1. The molecule has 0 atom stereocenters. The van der Waals surface area contributed by atoms with Crippen LogP contribution in [0.15, 0.2) is 36.4 Å². The summed E-state index contributed by atoms with van der Waals surface area (Å²) in [6.07, 6.45) is 0.908. The van der Waals surface area contributed by atoms with Crippen LogP contribution in [-0.4, -0.2) is 25.0 Å². The Labute approximate surface area is 156 Å². The molecule has 0 saturated heterocycles. The lowest BCUT2D eigenvalue weighted by Gasteiger charge is -2.18. The fourth-order valence-electron chi connectivity index (χ4n) is 2.57. The lowest BCUT2D eigenvalue weighted by Crippen LogP contribution is -2.25. The van der Waals surface area contributed by atoms with Gasteiger partial charge in [-0.2, -0.15) is 0 Å². The molecule has 3 rings (SSSR count). The van der Waals surface area contributed by atoms with Gasteiger partial charge in [0.1, 0.15) is 11.5 Å². The number of ether oxygens (including phenoxy) is 2. The Balaban J connectivity index is 1.46.